The van der Waals surface area contributed by atoms with E-state index in [1.165, 1.54) is 12.1 Å². The molecule has 0 aliphatic rings. The van der Waals surface area contributed by atoms with Crippen molar-refractivity contribution in [3.8, 4) is 0 Å². The van der Waals surface area contributed by atoms with Crippen LogP contribution in [0.3, 0.4) is 0 Å². The molecule has 0 amide bonds. The molecule has 0 radical (unpaired) electrons. The van der Waals surface area contributed by atoms with E-state index < -0.39 is 5.60 Å². The third-order valence-electron chi connectivity index (χ3n) is 3.01. The van der Waals surface area contributed by atoms with Crippen LogP contribution in [-0.2, 0) is 5.60 Å². The first-order valence-electron chi connectivity index (χ1n) is 5.83. The summed E-state index contributed by atoms with van der Waals surface area (Å²) in [6, 6.07) is 4.98. The molecule has 0 saturated heterocycles. The highest BCUT2D eigenvalue weighted by atomic mass is 19.1. The maximum absolute atomic E-state index is 13.3. The second kappa shape index (κ2) is 3.84. The zero-order chi connectivity index (χ0) is 12.8. The van der Waals surface area contributed by atoms with E-state index in [0.29, 0.717) is 0 Å². The highest BCUT2D eigenvalue weighted by molar-refractivity contribution is 5.85. The molecule has 17 heavy (non-hydrogen) atoms. The van der Waals surface area contributed by atoms with Gasteiger partial charge in [-0.2, -0.15) is 0 Å². The fourth-order valence-electron chi connectivity index (χ4n) is 2.14. The van der Waals surface area contributed by atoms with Crippen LogP contribution in [0, 0.1) is 5.82 Å². The Morgan fingerprint density at radius 2 is 1.94 bits per heavy atom. The van der Waals surface area contributed by atoms with Crippen molar-refractivity contribution < 1.29 is 9.50 Å². The van der Waals surface area contributed by atoms with Gasteiger partial charge in [0.25, 0.3) is 0 Å². The molecule has 2 aromatic rings. The van der Waals surface area contributed by atoms with Crippen molar-refractivity contribution in [2.45, 2.75) is 39.3 Å². The van der Waals surface area contributed by atoms with Crippen LogP contribution in [0.4, 0.5) is 4.39 Å². The highest BCUT2D eigenvalue weighted by Gasteiger charge is 2.23. The summed E-state index contributed by atoms with van der Waals surface area (Å²) in [5.74, 6) is -0.274. The zero-order valence-corrected chi connectivity index (χ0v) is 10.7. The summed E-state index contributed by atoms with van der Waals surface area (Å²) in [5.41, 5.74) is 0.755. The molecule has 0 unspecified atom stereocenters. The molecule has 2 nitrogen and oxygen atoms in total. The molecular formula is C14H18FNO. The van der Waals surface area contributed by atoms with Crippen LogP contribution < -0.4 is 0 Å². The summed E-state index contributed by atoms with van der Waals surface area (Å²) in [7, 11) is 0. The predicted molar refractivity (Wildman–Crippen MR) is 67.5 cm³/mol. The number of aromatic nitrogens is 1. The molecule has 0 aliphatic carbocycles. The summed E-state index contributed by atoms with van der Waals surface area (Å²) >= 11 is 0. The van der Waals surface area contributed by atoms with Gasteiger partial charge in [-0.3, -0.25) is 0 Å². The molecule has 1 aromatic carbocycles. The first-order valence-corrected chi connectivity index (χ1v) is 5.83. The van der Waals surface area contributed by atoms with Gasteiger partial charge in [-0.25, -0.2) is 4.39 Å². The lowest BCUT2D eigenvalue weighted by Crippen LogP contribution is -2.14. The Morgan fingerprint density at radius 1 is 1.29 bits per heavy atom. The maximum atomic E-state index is 13.3. The molecule has 1 N–H and O–H groups in total. The lowest BCUT2D eigenvalue weighted by molar-refractivity contribution is 0.0799. The van der Waals surface area contributed by atoms with E-state index in [2.05, 4.69) is 18.4 Å². The molecule has 3 heteroatoms. The van der Waals surface area contributed by atoms with Gasteiger partial charge in [0.15, 0.2) is 0 Å². The molecule has 1 heterocycles. The van der Waals surface area contributed by atoms with E-state index in [1.807, 2.05) is 6.20 Å². The smallest absolute Gasteiger partial charge is 0.123 e. The molecule has 92 valence electrons. The minimum Gasteiger partial charge on any atom is -0.386 e. The van der Waals surface area contributed by atoms with Crippen LogP contribution in [0.1, 0.15) is 39.3 Å². The highest BCUT2D eigenvalue weighted by Crippen LogP contribution is 2.32. The van der Waals surface area contributed by atoms with Gasteiger partial charge in [-0.1, -0.05) is 0 Å². The number of fused-ring (bicyclic) bond motifs is 1. The monoisotopic (exact) mass is 235 g/mol. The van der Waals surface area contributed by atoms with Crippen LogP contribution in [-0.4, -0.2) is 9.67 Å². The number of benzene rings is 1. The van der Waals surface area contributed by atoms with Crippen molar-refractivity contribution in [1.29, 1.82) is 0 Å². The predicted octanol–water partition coefficient (Wildman–Crippen LogP) is 3.59. The number of aliphatic hydroxyl groups is 1. The van der Waals surface area contributed by atoms with Gasteiger partial charge >= 0.3 is 0 Å². The number of halogens is 1. The first-order chi connectivity index (χ1) is 7.80. The summed E-state index contributed by atoms with van der Waals surface area (Å²) in [5, 5.41) is 10.9. The van der Waals surface area contributed by atoms with E-state index in [-0.39, 0.29) is 11.9 Å². The fraction of sp³-hybridized carbons (Fsp3) is 0.429. The van der Waals surface area contributed by atoms with Crippen molar-refractivity contribution >= 4 is 10.9 Å². The van der Waals surface area contributed by atoms with Gasteiger partial charge < -0.3 is 9.67 Å². The summed E-state index contributed by atoms with van der Waals surface area (Å²) < 4.78 is 15.4. The van der Waals surface area contributed by atoms with Crippen LogP contribution in [0.25, 0.3) is 10.9 Å². The molecule has 0 fully saturated rings. The standard InChI is InChI=1S/C14H18FNO/c1-9(2)16-8-12(14(3,4)17)11-7-10(15)5-6-13(11)16/h5-9,17H,1-4H3. The van der Waals surface area contributed by atoms with Crippen molar-refractivity contribution in [3.63, 3.8) is 0 Å². The van der Waals surface area contributed by atoms with Crippen LogP contribution in [0.2, 0.25) is 0 Å². The van der Waals surface area contributed by atoms with Crippen molar-refractivity contribution in [1.82, 2.24) is 4.57 Å². The first kappa shape index (κ1) is 12.1. The largest absolute Gasteiger partial charge is 0.386 e. The minimum absolute atomic E-state index is 0.274. The molecule has 0 saturated carbocycles. The average molecular weight is 235 g/mol. The Labute approximate surface area is 101 Å². The van der Waals surface area contributed by atoms with Crippen molar-refractivity contribution in [3.05, 3.63) is 35.8 Å². The molecule has 0 aliphatic heterocycles. The van der Waals surface area contributed by atoms with E-state index in [9.17, 15) is 9.50 Å². The Balaban J connectivity index is 2.80. The molecule has 0 atom stereocenters. The second-order valence-electron chi connectivity index (χ2n) is 5.26. The van der Waals surface area contributed by atoms with E-state index in [1.54, 1.807) is 19.9 Å². The zero-order valence-electron chi connectivity index (χ0n) is 10.7. The Morgan fingerprint density at radius 3 is 2.47 bits per heavy atom. The molecule has 1 aromatic heterocycles. The van der Waals surface area contributed by atoms with Crippen molar-refractivity contribution in [2.24, 2.45) is 0 Å². The van der Waals surface area contributed by atoms with Gasteiger partial charge in [-0.15, -0.1) is 0 Å². The SMILES string of the molecule is CC(C)n1cc(C(C)(C)O)c2cc(F)ccc21. The topological polar surface area (TPSA) is 25.2 Å². The van der Waals surface area contributed by atoms with E-state index >= 15 is 0 Å². The quantitative estimate of drug-likeness (QED) is 0.845. The lowest BCUT2D eigenvalue weighted by atomic mass is 9.98. The lowest BCUT2D eigenvalue weighted by Gasteiger charge is -2.16. The van der Waals surface area contributed by atoms with Crippen LogP contribution >= 0.6 is 0 Å². The molecular weight excluding hydrogens is 217 g/mol. The molecule has 0 bridgehead atoms. The van der Waals surface area contributed by atoms with Gasteiger partial charge in [0.2, 0.25) is 0 Å². The van der Waals surface area contributed by atoms with E-state index in [4.69, 9.17) is 0 Å². The molecule has 2 rings (SSSR count). The third kappa shape index (κ3) is 2.07. The third-order valence-corrected chi connectivity index (χ3v) is 3.01. The molecule has 0 spiro atoms. The summed E-state index contributed by atoms with van der Waals surface area (Å²) in [6.45, 7) is 7.57. The fourth-order valence-corrected chi connectivity index (χ4v) is 2.14. The summed E-state index contributed by atoms with van der Waals surface area (Å²) in [4.78, 5) is 0. The Kier molecular flexibility index (Phi) is 2.74. The minimum atomic E-state index is -0.966. The Bertz CT molecular complexity index is 549. The second-order valence-corrected chi connectivity index (χ2v) is 5.26. The number of nitrogens with zero attached hydrogens (tertiary/aromatic N) is 1. The van der Waals surface area contributed by atoms with Gasteiger partial charge in [0, 0.05) is 28.7 Å². The van der Waals surface area contributed by atoms with Gasteiger partial charge in [0.1, 0.15) is 5.82 Å². The Hall–Kier alpha value is -1.35. The maximum Gasteiger partial charge on any atom is 0.123 e. The number of hydrogen-bond donors (Lipinski definition) is 1. The van der Waals surface area contributed by atoms with Crippen LogP contribution in [0.5, 0.6) is 0 Å². The number of rotatable bonds is 2. The van der Waals surface area contributed by atoms with Gasteiger partial charge in [0.05, 0.1) is 5.60 Å². The van der Waals surface area contributed by atoms with Gasteiger partial charge in [-0.05, 0) is 45.9 Å². The average Bonchev–Trinajstić information content (AvgIpc) is 2.55. The summed E-state index contributed by atoms with van der Waals surface area (Å²) in [6.07, 6.45) is 1.91. The van der Waals surface area contributed by atoms with Crippen molar-refractivity contribution in [2.75, 3.05) is 0 Å². The van der Waals surface area contributed by atoms with Crippen LogP contribution in [0.15, 0.2) is 24.4 Å². The van der Waals surface area contributed by atoms with E-state index in [0.717, 1.165) is 16.5 Å². The number of hydrogen-bond acceptors (Lipinski definition) is 1. The normalized spacial score (nSPS) is 12.6.